The Morgan fingerprint density at radius 1 is 1.29 bits per heavy atom. The molecule has 0 radical (unpaired) electrons. The summed E-state index contributed by atoms with van der Waals surface area (Å²) in [6, 6.07) is 7.94. The molecular formula is C12H16N4O. The van der Waals surface area contributed by atoms with Gasteiger partial charge in [-0.1, -0.05) is 18.2 Å². The molecule has 1 aromatic carbocycles. The average molecular weight is 232 g/mol. The maximum absolute atomic E-state index is 5.59. The van der Waals surface area contributed by atoms with Crippen molar-refractivity contribution in [2.45, 2.75) is 6.42 Å². The molecule has 0 aliphatic carbocycles. The van der Waals surface area contributed by atoms with Crippen LogP contribution in [0.2, 0.25) is 0 Å². The summed E-state index contributed by atoms with van der Waals surface area (Å²) in [6.45, 7) is 0.603. The Hall–Kier alpha value is -1.88. The van der Waals surface area contributed by atoms with Gasteiger partial charge in [-0.25, -0.2) is 0 Å². The molecule has 0 saturated heterocycles. The molecule has 1 aromatic heterocycles. The molecule has 5 heteroatoms. The van der Waals surface area contributed by atoms with Crippen LogP contribution in [0.3, 0.4) is 0 Å². The van der Waals surface area contributed by atoms with Crippen molar-refractivity contribution < 1.29 is 4.52 Å². The van der Waals surface area contributed by atoms with Crippen molar-refractivity contribution in [2.24, 2.45) is 5.73 Å². The second-order valence-corrected chi connectivity index (χ2v) is 3.99. The third kappa shape index (κ3) is 2.45. The highest BCUT2D eigenvalue weighted by Crippen LogP contribution is 2.23. The van der Waals surface area contributed by atoms with Crippen molar-refractivity contribution in [3.63, 3.8) is 0 Å². The Morgan fingerprint density at radius 2 is 2.06 bits per heavy atom. The summed E-state index contributed by atoms with van der Waals surface area (Å²) in [5.74, 6) is 1.11. The molecule has 0 fully saturated rings. The molecule has 0 aliphatic heterocycles. The predicted octanol–water partition coefficient (Wildman–Crippen LogP) is 1.30. The zero-order valence-corrected chi connectivity index (χ0v) is 10.1. The van der Waals surface area contributed by atoms with Crippen LogP contribution in [-0.2, 0) is 6.42 Å². The number of rotatable bonds is 4. The molecule has 0 spiro atoms. The smallest absolute Gasteiger partial charge is 0.265 e. The minimum absolute atomic E-state index is 0.540. The van der Waals surface area contributed by atoms with Gasteiger partial charge in [-0.15, -0.1) is 0 Å². The van der Waals surface area contributed by atoms with Gasteiger partial charge in [0.05, 0.1) is 0 Å². The summed E-state index contributed by atoms with van der Waals surface area (Å²) in [5.41, 5.74) is 7.67. The van der Waals surface area contributed by atoms with Crippen LogP contribution in [0.1, 0.15) is 5.56 Å². The van der Waals surface area contributed by atoms with Crippen molar-refractivity contribution in [1.82, 2.24) is 10.1 Å². The lowest BCUT2D eigenvalue weighted by Crippen LogP contribution is -2.10. The van der Waals surface area contributed by atoms with E-state index < -0.39 is 0 Å². The van der Waals surface area contributed by atoms with Gasteiger partial charge in [0.15, 0.2) is 0 Å². The lowest BCUT2D eigenvalue weighted by atomic mass is 10.0. The second-order valence-electron chi connectivity index (χ2n) is 3.99. The summed E-state index contributed by atoms with van der Waals surface area (Å²) >= 11 is 0. The fourth-order valence-corrected chi connectivity index (χ4v) is 1.61. The highest BCUT2D eigenvalue weighted by Gasteiger charge is 2.12. The highest BCUT2D eigenvalue weighted by atomic mass is 16.5. The van der Waals surface area contributed by atoms with Gasteiger partial charge in [-0.05, 0) is 29.8 Å². The number of benzene rings is 1. The molecule has 0 atom stereocenters. The van der Waals surface area contributed by atoms with Gasteiger partial charge in [0.25, 0.3) is 11.8 Å². The first-order chi connectivity index (χ1) is 8.22. The van der Waals surface area contributed by atoms with Gasteiger partial charge in [0.2, 0.25) is 0 Å². The third-order valence-corrected chi connectivity index (χ3v) is 2.48. The Kier molecular flexibility index (Phi) is 3.39. The maximum atomic E-state index is 5.59. The van der Waals surface area contributed by atoms with Gasteiger partial charge in [-0.2, -0.15) is 4.98 Å². The van der Waals surface area contributed by atoms with Gasteiger partial charge in [-0.3, -0.25) is 0 Å². The third-order valence-electron chi connectivity index (χ3n) is 2.48. The molecule has 0 saturated carbocycles. The first-order valence-electron chi connectivity index (χ1n) is 5.51. The molecule has 5 nitrogen and oxygen atoms in total. The minimum atomic E-state index is 0.540. The van der Waals surface area contributed by atoms with E-state index in [-0.39, 0.29) is 0 Å². The van der Waals surface area contributed by atoms with E-state index in [1.807, 2.05) is 38.4 Å². The Labute approximate surface area is 100 Å². The van der Waals surface area contributed by atoms with Gasteiger partial charge >= 0.3 is 0 Å². The van der Waals surface area contributed by atoms with E-state index in [1.54, 1.807) is 4.90 Å². The minimum Gasteiger partial charge on any atom is -0.344 e. The highest BCUT2D eigenvalue weighted by molar-refractivity contribution is 5.59. The molecule has 1 heterocycles. The van der Waals surface area contributed by atoms with Crippen LogP contribution in [0, 0.1) is 0 Å². The molecule has 0 amide bonds. The lowest BCUT2D eigenvalue weighted by Gasteiger charge is -2.04. The molecule has 0 aliphatic rings. The molecular weight excluding hydrogens is 216 g/mol. The van der Waals surface area contributed by atoms with E-state index >= 15 is 0 Å². The van der Waals surface area contributed by atoms with E-state index in [0.717, 1.165) is 17.5 Å². The number of hydrogen-bond acceptors (Lipinski definition) is 5. The van der Waals surface area contributed by atoms with Crippen molar-refractivity contribution in [3.8, 4) is 11.5 Å². The molecule has 0 unspecified atom stereocenters. The van der Waals surface area contributed by atoms with Gasteiger partial charge in [0, 0.05) is 19.7 Å². The molecule has 0 bridgehead atoms. The Balaban J connectivity index is 2.38. The van der Waals surface area contributed by atoms with Crippen molar-refractivity contribution >= 4 is 5.95 Å². The molecule has 2 rings (SSSR count). The van der Waals surface area contributed by atoms with Crippen molar-refractivity contribution in [2.75, 3.05) is 25.5 Å². The van der Waals surface area contributed by atoms with Crippen molar-refractivity contribution in [1.29, 1.82) is 0 Å². The summed E-state index contributed by atoms with van der Waals surface area (Å²) in [6.07, 6.45) is 0.801. The monoisotopic (exact) mass is 232 g/mol. The quantitative estimate of drug-likeness (QED) is 0.860. The number of nitrogens with two attached hydrogens (primary N) is 1. The van der Waals surface area contributed by atoms with Crippen LogP contribution in [0.25, 0.3) is 11.5 Å². The number of nitrogens with zero attached hydrogens (tertiary/aromatic N) is 3. The van der Waals surface area contributed by atoms with Crippen LogP contribution in [0.5, 0.6) is 0 Å². The van der Waals surface area contributed by atoms with E-state index in [1.165, 1.54) is 0 Å². The zero-order chi connectivity index (χ0) is 12.3. The molecule has 17 heavy (non-hydrogen) atoms. The van der Waals surface area contributed by atoms with Gasteiger partial charge < -0.3 is 15.2 Å². The summed E-state index contributed by atoms with van der Waals surface area (Å²) in [4.78, 5) is 6.13. The fourth-order valence-electron chi connectivity index (χ4n) is 1.61. The van der Waals surface area contributed by atoms with Crippen LogP contribution in [0.15, 0.2) is 28.8 Å². The summed E-state index contributed by atoms with van der Waals surface area (Å²) < 4.78 is 5.26. The molecule has 90 valence electrons. The maximum Gasteiger partial charge on any atom is 0.265 e. The fraction of sp³-hybridized carbons (Fsp3) is 0.333. The Bertz CT molecular complexity index is 493. The van der Waals surface area contributed by atoms with E-state index in [4.69, 9.17) is 10.3 Å². The topological polar surface area (TPSA) is 68.2 Å². The SMILES string of the molecule is CN(C)c1noc(-c2ccccc2CCN)n1. The van der Waals surface area contributed by atoms with E-state index in [0.29, 0.717) is 18.4 Å². The van der Waals surface area contributed by atoms with Crippen LogP contribution in [-0.4, -0.2) is 30.8 Å². The summed E-state index contributed by atoms with van der Waals surface area (Å²) in [5, 5.41) is 3.90. The lowest BCUT2D eigenvalue weighted by molar-refractivity contribution is 0.430. The van der Waals surface area contributed by atoms with Crippen molar-refractivity contribution in [3.05, 3.63) is 29.8 Å². The number of hydrogen-bond donors (Lipinski definition) is 1. The second kappa shape index (κ2) is 4.97. The first kappa shape index (κ1) is 11.6. The number of anilines is 1. The molecule has 2 N–H and O–H groups in total. The van der Waals surface area contributed by atoms with E-state index in [2.05, 4.69) is 10.1 Å². The van der Waals surface area contributed by atoms with Crippen LogP contribution < -0.4 is 10.6 Å². The summed E-state index contributed by atoms with van der Waals surface area (Å²) in [7, 11) is 3.75. The van der Waals surface area contributed by atoms with Crippen LogP contribution in [0.4, 0.5) is 5.95 Å². The molecule has 2 aromatic rings. The van der Waals surface area contributed by atoms with Crippen LogP contribution >= 0.6 is 0 Å². The number of aromatic nitrogens is 2. The zero-order valence-electron chi connectivity index (χ0n) is 10.1. The first-order valence-corrected chi connectivity index (χ1v) is 5.51. The van der Waals surface area contributed by atoms with Gasteiger partial charge in [0.1, 0.15) is 0 Å². The standard InChI is InChI=1S/C12H16N4O/c1-16(2)12-14-11(17-15-12)10-6-4-3-5-9(10)7-8-13/h3-6H,7-8,13H2,1-2H3. The largest absolute Gasteiger partial charge is 0.344 e. The van der Waals surface area contributed by atoms with E-state index in [9.17, 15) is 0 Å². The normalized spacial score (nSPS) is 10.5. The average Bonchev–Trinajstić information content (AvgIpc) is 2.79. The predicted molar refractivity (Wildman–Crippen MR) is 66.8 cm³/mol. The Morgan fingerprint density at radius 3 is 2.71 bits per heavy atom.